The Bertz CT molecular complexity index is 448. The Morgan fingerprint density at radius 2 is 2.15 bits per heavy atom. The van der Waals surface area contributed by atoms with Crippen LogP contribution in [0.2, 0.25) is 10.0 Å². The summed E-state index contributed by atoms with van der Waals surface area (Å²) in [5, 5.41) is 1.07. The van der Waals surface area contributed by atoms with Crippen molar-refractivity contribution in [3.8, 4) is 0 Å². The van der Waals surface area contributed by atoms with E-state index in [4.69, 9.17) is 23.2 Å². The van der Waals surface area contributed by atoms with Crippen molar-refractivity contribution in [1.29, 1.82) is 0 Å². The molecule has 0 spiro atoms. The van der Waals surface area contributed by atoms with Gasteiger partial charge in [0.25, 0.3) is 0 Å². The Balaban J connectivity index is 2.76. The first-order valence-electron chi connectivity index (χ1n) is 4.05. The molecule has 13 heavy (non-hydrogen) atoms. The van der Waals surface area contributed by atoms with Gasteiger partial charge in [0.15, 0.2) is 0 Å². The third kappa shape index (κ3) is 1.40. The molecule has 2 rings (SSSR count). The minimum absolute atomic E-state index is 0.523. The minimum Gasteiger partial charge on any atom is -0.342 e. The number of hydrogen-bond donors (Lipinski definition) is 1. The predicted molar refractivity (Wildman–Crippen MR) is 55.5 cm³/mol. The average molecular weight is 215 g/mol. The second-order valence-electron chi connectivity index (χ2n) is 2.79. The van der Waals surface area contributed by atoms with Gasteiger partial charge < -0.3 is 4.98 Å². The molecule has 1 aromatic heterocycles. The summed E-state index contributed by atoms with van der Waals surface area (Å²) in [4.78, 5) is 7.48. The number of nitrogens with zero attached hydrogens (tertiary/aromatic N) is 1. The summed E-state index contributed by atoms with van der Waals surface area (Å²) in [6, 6.07) is 3.65. The topological polar surface area (TPSA) is 28.7 Å². The number of halogens is 2. The van der Waals surface area contributed by atoms with E-state index in [2.05, 4.69) is 9.97 Å². The lowest BCUT2D eigenvalue weighted by atomic mass is 10.3. The molecular weight excluding hydrogens is 207 g/mol. The van der Waals surface area contributed by atoms with E-state index >= 15 is 0 Å². The minimum atomic E-state index is 0.523. The second kappa shape index (κ2) is 3.20. The summed E-state index contributed by atoms with van der Waals surface area (Å²) in [6.07, 6.45) is 0.864. The van der Waals surface area contributed by atoms with Crippen LogP contribution >= 0.6 is 23.2 Å². The van der Waals surface area contributed by atoms with Gasteiger partial charge in [-0.3, -0.25) is 0 Å². The molecule has 0 saturated heterocycles. The van der Waals surface area contributed by atoms with Crippen LogP contribution in [0.5, 0.6) is 0 Å². The highest BCUT2D eigenvalue weighted by atomic mass is 35.5. The van der Waals surface area contributed by atoms with Crippen LogP contribution in [0.25, 0.3) is 11.0 Å². The van der Waals surface area contributed by atoms with Gasteiger partial charge in [0, 0.05) is 6.42 Å². The number of H-pyrrole nitrogens is 1. The number of fused-ring (bicyclic) bond motifs is 1. The lowest BCUT2D eigenvalue weighted by Gasteiger charge is -1.93. The van der Waals surface area contributed by atoms with E-state index in [1.807, 2.05) is 13.0 Å². The number of imidazole rings is 1. The first-order chi connectivity index (χ1) is 6.22. The summed E-state index contributed by atoms with van der Waals surface area (Å²) in [5.41, 5.74) is 1.69. The van der Waals surface area contributed by atoms with E-state index in [0.29, 0.717) is 10.0 Å². The van der Waals surface area contributed by atoms with Gasteiger partial charge in [-0.15, -0.1) is 0 Å². The number of rotatable bonds is 1. The monoisotopic (exact) mass is 214 g/mol. The van der Waals surface area contributed by atoms with E-state index in [1.165, 1.54) is 0 Å². The Morgan fingerprint density at radius 3 is 2.85 bits per heavy atom. The number of hydrogen-bond acceptors (Lipinski definition) is 1. The van der Waals surface area contributed by atoms with Crippen LogP contribution in [0.15, 0.2) is 12.1 Å². The first-order valence-corrected chi connectivity index (χ1v) is 4.80. The quantitative estimate of drug-likeness (QED) is 0.775. The molecule has 0 fully saturated rings. The smallest absolute Gasteiger partial charge is 0.109 e. The van der Waals surface area contributed by atoms with E-state index in [0.717, 1.165) is 23.3 Å². The molecular formula is C9H8Cl2N2. The fourth-order valence-electron chi connectivity index (χ4n) is 1.24. The maximum atomic E-state index is 5.98. The van der Waals surface area contributed by atoms with Gasteiger partial charge >= 0.3 is 0 Å². The zero-order chi connectivity index (χ0) is 9.42. The normalized spacial score (nSPS) is 11.0. The number of aromatic nitrogens is 2. The largest absolute Gasteiger partial charge is 0.342 e. The Labute approximate surface area is 85.9 Å². The van der Waals surface area contributed by atoms with E-state index in [9.17, 15) is 0 Å². The van der Waals surface area contributed by atoms with Crippen LogP contribution in [-0.2, 0) is 6.42 Å². The highest BCUT2D eigenvalue weighted by molar-refractivity contribution is 6.44. The van der Waals surface area contributed by atoms with Crippen LogP contribution in [-0.4, -0.2) is 9.97 Å². The van der Waals surface area contributed by atoms with Crippen molar-refractivity contribution in [2.24, 2.45) is 0 Å². The molecule has 0 aliphatic heterocycles. The molecule has 2 nitrogen and oxygen atoms in total. The Hall–Kier alpha value is -0.730. The highest BCUT2D eigenvalue weighted by Gasteiger charge is 2.07. The van der Waals surface area contributed by atoms with Crippen molar-refractivity contribution in [1.82, 2.24) is 9.97 Å². The van der Waals surface area contributed by atoms with Crippen LogP contribution in [0.4, 0.5) is 0 Å². The average Bonchev–Trinajstić information content (AvgIpc) is 2.55. The van der Waals surface area contributed by atoms with Crippen molar-refractivity contribution < 1.29 is 0 Å². The molecule has 0 aliphatic carbocycles. The van der Waals surface area contributed by atoms with Gasteiger partial charge in [-0.2, -0.15) is 0 Å². The summed E-state index contributed by atoms with van der Waals surface area (Å²) in [5.74, 6) is 0.930. The van der Waals surface area contributed by atoms with Crippen LogP contribution in [0, 0.1) is 0 Å². The molecule has 0 saturated carbocycles. The fourth-order valence-corrected chi connectivity index (χ4v) is 1.60. The van der Waals surface area contributed by atoms with Gasteiger partial charge in [0.2, 0.25) is 0 Å². The molecule has 0 unspecified atom stereocenters. The first kappa shape index (κ1) is 8.85. The molecule has 68 valence electrons. The standard InChI is InChI=1S/C9H8Cl2N2/c1-2-7-12-6-4-3-5(10)8(11)9(6)13-7/h3-4H,2H2,1H3,(H,12,13). The molecule has 0 amide bonds. The van der Waals surface area contributed by atoms with Crippen LogP contribution in [0.1, 0.15) is 12.7 Å². The van der Waals surface area contributed by atoms with Gasteiger partial charge in [-0.05, 0) is 12.1 Å². The van der Waals surface area contributed by atoms with E-state index < -0.39 is 0 Å². The lowest BCUT2D eigenvalue weighted by molar-refractivity contribution is 1.00. The summed E-state index contributed by atoms with van der Waals surface area (Å²) >= 11 is 11.8. The van der Waals surface area contributed by atoms with Gasteiger partial charge in [-0.25, -0.2) is 4.98 Å². The Kier molecular flexibility index (Phi) is 2.18. The SMILES string of the molecule is CCc1nc2c(Cl)c(Cl)ccc2[nH]1. The second-order valence-corrected chi connectivity index (χ2v) is 3.58. The zero-order valence-electron chi connectivity index (χ0n) is 7.06. The van der Waals surface area contributed by atoms with Crippen LogP contribution in [0.3, 0.4) is 0 Å². The Morgan fingerprint density at radius 1 is 1.38 bits per heavy atom. The molecule has 0 bridgehead atoms. The molecule has 0 radical (unpaired) electrons. The molecule has 2 aromatic rings. The summed E-state index contributed by atoms with van der Waals surface area (Å²) in [6.45, 7) is 2.03. The number of aromatic amines is 1. The molecule has 0 aliphatic rings. The summed E-state index contributed by atoms with van der Waals surface area (Å²) < 4.78 is 0. The summed E-state index contributed by atoms with van der Waals surface area (Å²) in [7, 11) is 0. The van der Waals surface area contributed by atoms with Crippen molar-refractivity contribution in [3.63, 3.8) is 0 Å². The molecule has 1 N–H and O–H groups in total. The molecule has 1 aromatic carbocycles. The third-order valence-corrected chi connectivity index (χ3v) is 2.72. The van der Waals surface area contributed by atoms with Gasteiger partial charge in [-0.1, -0.05) is 30.1 Å². The van der Waals surface area contributed by atoms with Crippen molar-refractivity contribution in [2.45, 2.75) is 13.3 Å². The highest BCUT2D eigenvalue weighted by Crippen LogP contribution is 2.29. The molecule has 4 heteroatoms. The van der Waals surface area contributed by atoms with Gasteiger partial charge in [0.05, 0.1) is 15.6 Å². The van der Waals surface area contributed by atoms with Crippen molar-refractivity contribution >= 4 is 34.2 Å². The van der Waals surface area contributed by atoms with E-state index in [1.54, 1.807) is 6.07 Å². The lowest BCUT2D eigenvalue weighted by Crippen LogP contribution is -1.79. The third-order valence-electron chi connectivity index (χ3n) is 1.93. The maximum Gasteiger partial charge on any atom is 0.109 e. The zero-order valence-corrected chi connectivity index (χ0v) is 8.58. The maximum absolute atomic E-state index is 5.98. The van der Waals surface area contributed by atoms with Crippen LogP contribution < -0.4 is 0 Å². The molecule has 0 atom stereocenters. The van der Waals surface area contributed by atoms with Crippen molar-refractivity contribution in [3.05, 3.63) is 28.0 Å². The molecule has 1 heterocycles. The number of aryl methyl sites for hydroxylation is 1. The predicted octanol–water partition coefficient (Wildman–Crippen LogP) is 3.43. The number of nitrogens with one attached hydrogen (secondary N) is 1. The van der Waals surface area contributed by atoms with Gasteiger partial charge in [0.1, 0.15) is 11.3 Å². The fraction of sp³-hybridized carbons (Fsp3) is 0.222. The number of benzene rings is 1. The van der Waals surface area contributed by atoms with E-state index in [-0.39, 0.29) is 0 Å². The van der Waals surface area contributed by atoms with Crippen molar-refractivity contribution in [2.75, 3.05) is 0 Å².